The Morgan fingerprint density at radius 1 is 1.26 bits per heavy atom. The van der Waals surface area contributed by atoms with Crippen molar-refractivity contribution in [1.29, 1.82) is 0 Å². The summed E-state index contributed by atoms with van der Waals surface area (Å²) in [7, 11) is -3.98. The van der Waals surface area contributed by atoms with Crippen molar-refractivity contribution in [1.82, 2.24) is 4.31 Å². The lowest BCUT2D eigenvalue weighted by molar-refractivity contribution is 0.0915. The first-order valence-corrected chi connectivity index (χ1v) is 7.18. The van der Waals surface area contributed by atoms with Gasteiger partial charge in [-0.3, -0.25) is 4.99 Å². The minimum Gasteiger partial charge on any atom is -0.269 e. The lowest BCUT2D eigenvalue weighted by Gasteiger charge is -2.25. The van der Waals surface area contributed by atoms with E-state index >= 15 is 0 Å². The minimum absolute atomic E-state index is 0.000185. The Balaban J connectivity index is 2.43. The molecule has 1 heterocycles. The third kappa shape index (κ3) is 2.47. The molecule has 1 atom stereocenters. The molecule has 104 valence electrons. The smallest absolute Gasteiger partial charge is 0.265 e. The molecular weight excluding hydrogens is 274 g/mol. The number of halogens is 2. The van der Waals surface area contributed by atoms with Gasteiger partial charge >= 0.3 is 0 Å². The molecule has 0 N–H and O–H groups in total. The number of nitrogens with zero attached hydrogens (tertiary/aromatic N) is 2. The first-order chi connectivity index (χ1) is 8.84. The van der Waals surface area contributed by atoms with E-state index in [-0.39, 0.29) is 17.3 Å². The van der Waals surface area contributed by atoms with Gasteiger partial charge in [0.1, 0.15) is 11.9 Å². The van der Waals surface area contributed by atoms with Crippen LogP contribution in [0.3, 0.4) is 0 Å². The van der Waals surface area contributed by atoms with Gasteiger partial charge in [-0.05, 0) is 26.0 Å². The van der Waals surface area contributed by atoms with E-state index in [9.17, 15) is 17.2 Å². The summed E-state index contributed by atoms with van der Waals surface area (Å²) in [6.07, 6.45) is -2.76. The van der Waals surface area contributed by atoms with Gasteiger partial charge in [0.25, 0.3) is 16.4 Å². The molecule has 0 aliphatic carbocycles. The Kier molecular flexibility index (Phi) is 3.58. The molecule has 1 aromatic rings. The second kappa shape index (κ2) is 4.88. The van der Waals surface area contributed by atoms with E-state index in [1.165, 1.54) is 19.1 Å². The highest BCUT2D eigenvalue weighted by Gasteiger charge is 2.40. The molecule has 0 radical (unpaired) electrons. The average molecular weight is 288 g/mol. The number of rotatable bonds is 3. The van der Waals surface area contributed by atoms with E-state index in [2.05, 4.69) is 4.99 Å². The van der Waals surface area contributed by atoms with Crippen LogP contribution in [-0.2, 0) is 10.0 Å². The molecule has 19 heavy (non-hydrogen) atoms. The zero-order valence-corrected chi connectivity index (χ0v) is 11.4. The maximum Gasteiger partial charge on any atom is 0.265 e. The number of aryl methyl sites for hydroxylation is 1. The van der Waals surface area contributed by atoms with Gasteiger partial charge in [0, 0.05) is 0 Å². The summed E-state index contributed by atoms with van der Waals surface area (Å²) >= 11 is 0. The molecule has 7 heteroatoms. The van der Waals surface area contributed by atoms with Crippen LogP contribution in [-0.4, -0.2) is 37.6 Å². The van der Waals surface area contributed by atoms with Crippen molar-refractivity contribution in [2.24, 2.45) is 4.99 Å². The number of benzene rings is 1. The number of sulfonamides is 1. The van der Waals surface area contributed by atoms with Crippen molar-refractivity contribution in [3.05, 3.63) is 29.8 Å². The number of hydrogen-bond donors (Lipinski definition) is 0. The van der Waals surface area contributed by atoms with Crippen molar-refractivity contribution in [2.45, 2.75) is 31.2 Å². The zero-order valence-electron chi connectivity index (χ0n) is 10.5. The predicted molar refractivity (Wildman–Crippen MR) is 68.0 cm³/mol. The quantitative estimate of drug-likeness (QED) is 0.854. The number of hydrogen-bond acceptors (Lipinski definition) is 3. The average Bonchev–Trinajstić information content (AvgIpc) is 2.72. The molecule has 0 spiro atoms. The predicted octanol–water partition coefficient (Wildman–Crippen LogP) is 2.05. The van der Waals surface area contributed by atoms with Crippen LogP contribution in [0.2, 0.25) is 0 Å². The summed E-state index contributed by atoms with van der Waals surface area (Å²) in [6.45, 7) is 3.05. The minimum atomic E-state index is -3.98. The monoisotopic (exact) mass is 288 g/mol. The Morgan fingerprint density at radius 2 is 1.84 bits per heavy atom. The summed E-state index contributed by atoms with van der Waals surface area (Å²) in [4.78, 5) is 3.81. The van der Waals surface area contributed by atoms with Crippen LogP contribution in [0, 0.1) is 6.92 Å². The van der Waals surface area contributed by atoms with Crippen molar-refractivity contribution >= 4 is 15.9 Å². The second-order valence-electron chi connectivity index (χ2n) is 4.40. The van der Waals surface area contributed by atoms with Crippen LogP contribution < -0.4 is 0 Å². The zero-order chi connectivity index (χ0) is 14.2. The van der Waals surface area contributed by atoms with Gasteiger partial charge < -0.3 is 0 Å². The molecule has 4 nitrogen and oxygen atoms in total. The number of aliphatic imine (C=N–C) groups is 1. The number of alkyl halides is 2. The Hall–Kier alpha value is -1.50. The normalized spacial score (nSPS) is 19.9. The van der Waals surface area contributed by atoms with Crippen molar-refractivity contribution in [2.75, 3.05) is 6.54 Å². The molecule has 0 fully saturated rings. The summed E-state index contributed by atoms with van der Waals surface area (Å²) in [5.74, 6) is 0.103. The van der Waals surface area contributed by atoms with Crippen LogP contribution in [0.4, 0.5) is 8.78 Å². The highest BCUT2D eigenvalue weighted by molar-refractivity contribution is 7.89. The van der Waals surface area contributed by atoms with E-state index in [1.54, 1.807) is 12.1 Å². The fourth-order valence-electron chi connectivity index (χ4n) is 1.97. The van der Waals surface area contributed by atoms with E-state index in [0.717, 1.165) is 9.87 Å². The van der Waals surface area contributed by atoms with Crippen LogP contribution in [0.1, 0.15) is 12.5 Å². The standard InChI is InChI=1S/C12H14F2N2O2S/c1-8-3-5-10(6-4-8)19(17,18)16-9(2)15-7-11(16)12(13)14/h3-6,11-12H,7H2,1-2H3. The molecule has 0 bridgehead atoms. The second-order valence-corrected chi connectivity index (χ2v) is 6.22. The van der Waals surface area contributed by atoms with E-state index in [4.69, 9.17) is 0 Å². The topological polar surface area (TPSA) is 49.7 Å². The molecule has 1 aromatic carbocycles. The fourth-order valence-corrected chi connectivity index (χ4v) is 3.60. The van der Waals surface area contributed by atoms with Crippen LogP contribution in [0.5, 0.6) is 0 Å². The van der Waals surface area contributed by atoms with E-state index < -0.39 is 22.5 Å². The van der Waals surface area contributed by atoms with Gasteiger partial charge in [0.05, 0.1) is 11.4 Å². The molecule has 1 aliphatic rings. The van der Waals surface area contributed by atoms with E-state index in [0.29, 0.717) is 0 Å². The van der Waals surface area contributed by atoms with Crippen molar-refractivity contribution < 1.29 is 17.2 Å². The molecule has 0 saturated heterocycles. The maximum absolute atomic E-state index is 12.9. The summed E-state index contributed by atoms with van der Waals surface area (Å²) < 4.78 is 51.3. The first kappa shape index (κ1) is 13.9. The van der Waals surface area contributed by atoms with Crippen LogP contribution in [0.25, 0.3) is 0 Å². The third-order valence-electron chi connectivity index (χ3n) is 3.00. The Morgan fingerprint density at radius 3 is 2.37 bits per heavy atom. The maximum atomic E-state index is 12.9. The molecule has 2 rings (SSSR count). The van der Waals surface area contributed by atoms with Gasteiger partial charge in [-0.15, -0.1) is 0 Å². The molecule has 0 aromatic heterocycles. The van der Waals surface area contributed by atoms with E-state index in [1.807, 2.05) is 6.92 Å². The third-order valence-corrected chi connectivity index (χ3v) is 4.92. The van der Waals surface area contributed by atoms with Crippen molar-refractivity contribution in [3.63, 3.8) is 0 Å². The molecule has 0 amide bonds. The highest BCUT2D eigenvalue weighted by atomic mass is 32.2. The molecule has 0 saturated carbocycles. The molecule has 1 unspecified atom stereocenters. The SMILES string of the molecule is CC1=NCC(C(F)F)N1S(=O)(=O)c1ccc(C)cc1. The lowest BCUT2D eigenvalue weighted by Crippen LogP contribution is -2.44. The fraction of sp³-hybridized carbons (Fsp3) is 0.417. The van der Waals surface area contributed by atoms with Gasteiger partial charge in [-0.1, -0.05) is 17.7 Å². The molecular formula is C12H14F2N2O2S. The summed E-state index contributed by atoms with van der Waals surface area (Å²) in [6, 6.07) is 4.68. The highest BCUT2D eigenvalue weighted by Crippen LogP contribution is 2.26. The van der Waals surface area contributed by atoms with Gasteiger partial charge in [0.15, 0.2) is 0 Å². The Labute approximate surface area is 110 Å². The Bertz CT molecular complexity index is 597. The lowest BCUT2D eigenvalue weighted by atomic mass is 10.2. The van der Waals surface area contributed by atoms with Gasteiger partial charge in [0.2, 0.25) is 0 Å². The first-order valence-electron chi connectivity index (χ1n) is 5.74. The van der Waals surface area contributed by atoms with Crippen LogP contribution >= 0.6 is 0 Å². The van der Waals surface area contributed by atoms with Crippen LogP contribution in [0.15, 0.2) is 34.2 Å². The summed E-state index contributed by atoms with van der Waals surface area (Å²) in [5, 5.41) is 0. The summed E-state index contributed by atoms with van der Waals surface area (Å²) in [5.41, 5.74) is 0.899. The largest absolute Gasteiger partial charge is 0.269 e. The molecule has 1 aliphatic heterocycles. The van der Waals surface area contributed by atoms with Crippen molar-refractivity contribution in [3.8, 4) is 0 Å². The van der Waals surface area contributed by atoms with Gasteiger partial charge in [-0.2, -0.15) is 0 Å². The number of amidine groups is 1. The van der Waals surface area contributed by atoms with Gasteiger partial charge in [-0.25, -0.2) is 21.5 Å².